The highest BCUT2D eigenvalue weighted by Crippen LogP contribution is 2.35. The number of para-hydroxylation sites is 2. The Kier molecular flexibility index (Phi) is 7.51. The first-order chi connectivity index (χ1) is 13.4. The van der Waals surface area contributed by atoms with Gasteiger partial charge in [-0.1, -0.05) is 12.1 Å². The molecule has 7 heteroatoms. The van der Waals surface area contributed by atoms with Gasteiger partial charge in [0.1, 0.15) is 18.5 Å². The second kappa shape index (κ2) is 10.3. The standard InChI is InChI=1S/C21H25NO5.ClH/c1(5-11-23-16-8-9-19-21(12-16)26-15-25-19)4-10-22-13-17-14-24-18-6-2-3-7-20(18)27-17;/h2-3,6-9,12,17,22H,1,4-5,10-11,13-15H2;1H/t17-;/m0./s1. The summed E-state index contributed by atoms with van der Waals surface area (Å²) in [5.41, 5.74) is 0. The Labute approximate surface area is 171 Å². The highest BCUT2D eigenvalue weighted by atomic mass is 35.5. The van der Waals surface area contributed by atoms with Gasteiger partial charge in [0.2, 0.25) is 6.79 Å². The lowest BCUT2D eigenvalue weighted by atomic mass is 10.2. The highest BCUT2D eigenvalue weighted by Gasteiger charge is 2.19. The predicted octanol–water partition coefficient (Wildman–Crippen LogP) is 3.82. The van der Waals surface area contributed by atoms with E-state index in [9.17, 15) is 0 Å². The van der Waals surface area contributed by atoms with Crippen molar-refractivity contribution < 1.29 is 23.7 Å². The van der Waals surface area contributed by atoms with Crippen LogP contribution in [0.4, 0.5) is 0 Å². The number of rotatable bonds is 9. The third kappa shape index (κ3) is 5.36. The van der Waals surface area contributed by atoms with Gasteiger partial charge in [0.15, 0.2) is 23.0 Å². The molecular formula is C21H26ClNO5. The zero-order chi connectivity index (χ0) is 18.3. The fourth-order valence-corrected chi connectivity index (χ4v) is 3.11. The number of unbranched alkanes of at least 4 members (excludes halogenated alkanes) is 2. The van der Waals surface area contributed by atoms with E-state index in [-0.39, 0.29) is 25.3 Å². The van der Waals surface area contributed by atoms with Crippen LogP contribution < -0.4 is 29.0 Å². The molecular weight excluding hydrogens is 382 g/mol. The largest absolute Gasteiger partial charge is 0.493 e. The van der Waals surface area contributed by atoms with Crippen LogP contribution in [-0.2, 0) is 0 Å². The number of hydrogen-bond acceptors (Lipinski definition) is 6. The lowest BCUT2D eigenvalue weighted by molar-refractivity contribution is 0.0904. The van der Waals surface area contributed by atoms with Gasteiger partial charge in [0, 0.05) is 12.6 Å². The lowest BCUT2D eigenvalue weighted by Crippen LogP contribution is -2.38. The second-order valence-corrected chi connectivity index (χ2v) is 6.63. The van der Waals surface area contributed by atoms with Crippen LogP contribution in [-0.4, -0.2) is 39.2 Å². The minimum Gasteiger partial charge on any atom is -0.493 e. The molecule has 0 spiro atoms. The van der Waals surface area contributed by atoms with Gasteiger partial charge in [0.05, 0.1) is 6.61 Å². The zero-order valence-corrected chi connectivity index (χ0v) is 16.5. The average molecular weight is 408 g/mol. The third-order valence-corrected chi connectivity index (χ3v) is 4.55. The molecule has 0 unspecified atom stereocenters. The van der Waals surface area contributed by atoms with E-state index in [0.29, 0.717) is 13.2 Å². The summed E-state index contributed by atoms with van der Waals surface area (Å²) in [7, 11) is 0. The molecule has 1 atom stereocenters. The van der Waals surface area contributed by atoms with E-state index in [1.807, 2.05) is 42.5 Å². The van der Waals surface area contributed by atoms with E-state index >= 15 is 0 Å². The number of ether oxygens (including phenoxy) is 5. The van der Waals surface area contributed by atoms with Gasteiger partial charge in [-0.15, -0.1) is 12.4 Å². The molecule has 0 saturated carbocycles. The number of fused-ring (bicyclic) bond motifs is 2. The van der Waals surface area contributed by atoms with Gasteiger partial charge in [-0.2, -0.15) is 0 Å². The van der Waals surface area contributed by atoms with Crippen LogP contribution in [0.15, 0.2) is 42.5 Å². The van der Waals surface area contributed by atoms with Crippen molar-refractivity contribution in [2.75, 3.05) is 33.1 Å². The summed E-state index contributed by atoms with van der Waals surface area (Å²) in [5, 5.41) is 3.45. The van der Waals surface area contributed by atoms with Crippen LogP contribution in [0.1, 0.15) is 19.3 Å². The Balaban J connectivity index is 0.00000225. The molecule has 1 N–H and O–H groups in total. The van der Waals surface area contributed by atoms with Gasteiger partial charge < -0.3 is 29.0 Å². The van der Waals surface area contributed by atoms with Gasteiger partial charge in [-0.05, 0) is 50.1 Å². The topological polar surface area (TPSA) is 58.2 Å². The summed E-state index contributed by atoms with van der Waals surface area (Å²) in [6, 6.07) is 13.5. The van der Waals surface area contributed by atoms with Crippen molar-refractivity contribution in [3.8, 4) is 28.7 Å². The molecule has 0 saturated heterocycles. The molecule has 2 aliphatic rings. The summed E-state index contributed by atoms with van der Waals surface area (Å²) in [6.07, 6.45) is 3.30. The summed E-state index contributed by atoms with van der Waals surface area (Å²) < 4.78 is 28.1. The number of hydrogen-bond donors (Lipinski definition) is 1. The number of nitrogens with one attached hydrogen (secondary N) is 1. The molecule has 0 amide bonds. The molecule has 0 aliphatic carbocycles. The second-order valence-electron chi connectivity index (χ2n) is 6.63. The van der Waals surface area contributed by atoms with E-state index in [1.165, 1.54) is 0 Å². The van der Waals surface area contributed by atoms with Crippen LogP contribution in [0.2, 0.25) is 0 Å². The summed E-state index contributed by atoms with van der Waals surface area (Å²) in [5.74, 6) is 4.03. The van der Waals surface area contributed by atoms with Gasteiger partial charge >= 0.3 is 0 Å². The van der Waals surface area contributed by atoms with Crippen molar-refractivity contribution in [2.45, 2.75) is 25.4 Å². The van der Waals surface area contributed by atoms with Crippen LogP contribution in [0.5, 0.6) is 28.7 Å². The first-order valence-electron chi connectivity index (χ1n) is 9.50. The molecule has 2 aromatic rings. The smallest absolute Gasteiger partial charge is 0.231 e. The Morgan fingerprint density at radius 2 is 1.71 bits per heavy atom. The van der Waals surface area contributed by atoms with Crippen molar-refractivity contribution in [1.29, 1.82) is 0 Å². The first-order valence-corrected chi connectivity index (χ1v) is 9.50. The molecule has 6 nitrogen and oxygen atoms in total. The van der Waals surface area contributed by atoms with Gasteiger partial charge in [0.25, 0.3) is 0 Å². The average Bonchev–Trinajstić information content (AvgIpc) is 3.18. The molecule has 28 heavy (non-hydrogen) atoms. The maximum atomic E-state index is 5.93. The van der Waals surface area contributed by atoms with Gasteiger partial charge in [-0.3, -0.25) is 0 Å². The molecule has 2 aliphatic heterocycles. The number of benzene rings is 2. The fourth-order valence-electron chi connectivity index (χ4n) is 3.11. The first kappa shape index (κ1) is 20.4. The van der Waals surface area contributed by atoms with Crippen molar-refractivity contribution in [3.05, 3.63) is 42.5 Å². The number of halogens is 1. The third-order valence-electron chi connectivity index (χ3n) is 4.55. The SMILES string of the molecule is Cl.c1ccc2c(c1)OC[C@H](CNCCCCCOc1ccc3c(c1)OCO3)O2. The van der Waals surface area contributed by atoms with Crippen LogP contribution >= 0.6 is 12.4 Å². The molecule has 0 aromatic heterocycles. The van der Waals surface area contributed by atoms with Crippen LogP contribution in [0.25, 0.3) is 0 Å². The normalized spacial score (nSPS) is 16.4. The van der Waals surface area contributed by atoms with E-state index in [2.05, 4.69) is 5.32 Å². The fraction of sp³-hybridized carbons (Fsp3) is 0.429. The molecule has 0 bridgehead atoms. The molecule has 0 fully saturated rings. The minimum atomic E-state index is 0. The summed E-state index contributed by atoms with van der Waals surface area (Å²) in [4.78, 5) is 0. The maximum absolute atomic E-state index is 5.93. The highest BCUT2D eigenvalue weighted by molar-refractivity contribution is 5.85. The summed E-state index contributed by atoms with van der Waals surface area (Å²) >= 11 is 0. The molecule has 152 valence electrons. The monoisotopic (exact) mass is 407 g/mol. The Morgan fingerprint density at radius 3 is 2.64 bits per heavy atom. The quantitative estimate of drug-likeness (QED) is 0.638. The van der Waals surface area contributed by atoms with Crippen molar-refractivity contribution in [2.24, 2.45) is 0 Å². The van der Waals surface area contributed by atoms with Crippen molar-refractivity contribution in [1.82, 2.24) is 5.32 Å². The van der Waals surface area contributed by atoms with E-state index in [4.69, 9.17) is 23.7 Å². The Hall–Kier alpha value is -2.31. The van der Waals surface area contributed by atoms with Crippen molar-refractivity contribution in [3.63, 3.8) is 0 Å². The lowest BCUT2D eigenvalue weighted by Gasteiger charge is -2.26. The minimum absolute atomic E-state index is 0. The zero-order valence-electron chi connectivity index (χ0n) is 15.7. The van der Waals surface area contributed by atoms with Crippen LogP contribution in [0.3, 0.4) is 0 Å². The summed E-state index contributed by atoms with van der Waals surface area (Å²) in [6.45, 7) is 3.34. The van der Waals surface area contributed by atoms with E-state index in [1.54, 1.807) is 0 Å². The molecule has 2 heterocycles. The van der Waals surface area contributed by atoms with Crippen LogP contribution in [0, 0.1) is 0 Å². The molecule has 2 aromatic carbocycles. The maximum Gasteiger partial charge on any atom is 0.231 e. The van der Waals surface area contributed by atoms with Crippen molar-refractivity contribution >= 4 is 12.4 Å². The van der Waals surface area contributed by atoms with E-state index in [0.717, 1.165) is 61.1 Å². The van der Waals surface area contributed by atoms with E-state index < -0.39 is 0 Å². The Bertz CT molecular complexity index is 757. The molecule has 0 radical (unpaired) electrons. The molecule has 4 rings (SSSR count). The predicted molar refractivity (Wildman–Crippen MR) is 108 cm³/mol. The van der Waals surface area contributed by atoms with Gasteiger partial charge in [-0.25, -0.2) is 0 Å². The Morgan fingerprint density at radius 1 is 0.893 bits per heavy atom.